The van der Waals surface area contributed by atoms with Gasteiger partial charge >= 0.3 is 0 Å². The quantitative estimate of drug-likeness (QED) is 0.823. The number of para-hydroxylation sites is 1. The summed E-state index contributed by atoms with van der Waals surface area (Å²) >= 11 is 2.62. The maximum absolute atomic E-state index is 12.7. The van der Waals surface area contributed by atoms with Crippen molar-refractivity contribution in [3.05, 3.63) is 24.3 Å². The first-order valence-electron chi connectivity index (χ1n) is 8.14. The molecule has 0 radical (unpaired) electrons. The molecule has 0 unspecified atom stereocenters. The fourth-order valence-electron chi connectivity index (χ4n) is 2.72. The Labute approximate surface area is 149 Å². The monoisotopic (exact) mass is 363 g/mol. The van der Waals surface area contributed by atoms with E-state index in [9.17, 15) is 9.59 Å². The Morgan fingerprint density at radius 1 is 1.42 bits per heavy atom. The average molecular weight is 364 g/mol. The Hall–Kier alpha value is -1.44. The van der Waals surface area contributed by atoms with Crippen LogP contribution in [0.4, 0.5) is 4.79 Å². The molecule has 2 aromatic rings. The minimum absolute atomic E-state index is 0.0234. The molecule has 0 aliphatic carbocycles. The Morgan fingerprint density at radius 3 is 2.88 bits per heavy atom. The number of hydrogen-bond acceptors (Lipinski definition) is 6. The summed E-state index contributed by atoms with van der Waals surface area (Å²) in [6.07, 6.45) is 1.89. The van der Waals surface area contributed by atoms with Crippen LogP contribution in [0.15, 0.2) is 28.6 Å². The van der Waals surface area contributed by atoms with Gasteiger partial charge < -0.3 is 10.2 Å². The van der Waals surface area contributed by atoms with Crippen molar-refractivity contribution in [3.8, 4) is 0 Å². The molecule has 0 spiro atoms. The van der Waals surface area contributed by atoms with Crippen molar-refractivity contribution in [1.29, 1.82) is 0 Å². The Morgan fingerprint density at radius 2 is 2.21 bits per heavy atom. The Kier molecular flexibility index (Phi) is 5.53. The van der Waals surface area contributed by atoms with Gasteiger partial charge in [-0.15, -0.1) is 11.3 Å². The van der Waals surface area contributed by atoms with Gasteiger partial charge in [-0.25, -0.2) is 4.98 Å². The second kappa shape index (κ2) is 7.63. The number of carbonyl (C=O) groups is 2. The van der Waals surface area contributed by atoms with Crippen molar-refractivity contribution in [2.24, 2.45) is 0 Å². The number of fused-ring (bicyclic) bond motifs is 1. The third-order valence-electron chi connectivity index (χ3n) is 4.08. The second-order valence-corrected chi connectivity index (χ2v) is 8.38. The third-order valence-corrected chi connectivity index (χ3v) is 6.09. The number of amides is 1. The average Bonchev–Trinajstić information content (AvgIpc) is 3.20. The molecule has 128 valence electrons. The zero-order valence-electron chi connectivity index (χ0n) is 13.8. The van der Waals surface area contributed by atoms with Crippen LogP contribution < -0.4 is 5.32 Å². The second-order valence-electron chi connectivity index (χ2n) is 6.15. The number of rotatable bonds is 5. The number of Topliss-reactive ketones (excluding diaryl/α,β-unsaturated/α-hetero) is 1. The van der Waals surface area contributed by atoms with E-state index in [-0.39, 0.29) is 29.7 Å². The van der Waals surface area contributed by atoms with E-state index in [1.165, 1.54) is 11.3 Å². The minimum Gasteiger partial charge on any atom is -0.323 e. The van der Waals surface area contributed by atoms with E-state index in [1.54, 1.807) is 4.90 Å². The molecule has 1 amide bonds. The van der Waals surface area contributed by atoms with Gasteiger partial charge in [-0.05, 0) is 45.4 Å². The fourth-order valence-corrected chi connectivity index (χ4v) is 4.76. The molecule has 1 fully saturated rings. The van der Waals surface area contributed by atoms with E-state index >= 15 is 0 Å². The van der Waals surface area contributed by atoms with Gasteiger partial charge in [0.2, 0.25) is 0 Å². The molecule has 24 heavy (non-hydrogen) atoms. The summed E-state index contributed by atoms with van der Waals surface area (Å²) in [5.74, 6) is 0.0967. The zero-order valence-corrected chi connectivity index (χ0v) is 15.5. The Bertz CT molecular complexity index is 705. The molecule has 1 atom stereocenters. The van der Waals surface area contributed by atoms with Crippen LogP contribution in [0.3, 0.4) is 0 Å². The molecular formula is C17H21N3O2S2. The highest BCUT2D eigenvalue weighted by Crippen LogP contribution is 2.31. The molecule has 1 aromatic heterocycles. The van der Waals surface area contributed by atoms with Gasteiger partial charge in [0, 0.05) is 17.8 Å². The van der Waals surface area contributed by atoms with Crippen LogP contribution in [0.2, 0.25) is 0 Å². The van der Waals surface area contributed by atoms with Crippen molar-refractivity contribution in [1.82, 2.24) is 15.2 Å². The van der Waals surface area contributed by atoms with E-state index in [0.29, 0.717) is 0 Å². The third kappa shape index (κ3) is 3.96. The summed E-state index contributed by atoms with van der Waals surface area (Å²) in [7, 11) is 0. The topological polar surface area (TPSA) is 62.3 Å². The molecular weight excluding hydrogens is 342 g/mol. The minimum atomic E-state index is -0.115. The first-order valence-corrected chi connectivity index (χ1v) is 9.78. The summed E-state index contributed by atoms with van der Waals surface area (Å²) in [6.45, 7) is 4.91. The lowest BCUT2D eigenvalue weighted by molar-refractivity contribution is -0.121. The molecule has 1 aliphatic heterocycles. The summed E-state index contributed by atoms with van der Waals surface area (Å²) < 4.78 is 1.79. The summed E-state index contributed by atoms with van der Waals surface area (Å²) in [6, 6.07) is 7.71. The molecule has 3 rings (SSSR count). The molecule has 7 heteroatoms. The summed E-state index contributed by atoms with van der Waals surface area (Å²) in [5, 5.41) is 3.09. The van der Waals surface area contributed by atoms with Gasteiger partial charge in [0.15, 0.2) is 10.1 Å². The summed E-state index contributed by atoms with van der Waals surface area (Å²) in [4.78, 5) is 31.2. The van der Waals surface area contributed by atoms with Crippen molar-refractivity contribution in [3.63, 3.8) is 0 Å². The molecule has 1 N–H and O–H groups in total. The van der Waals surface area contributed by atoms with Crippen molar-refractivity contribution in [2.75, 3.05) is 13.1 Å². The molecule has 0 saturated carbocycles. The number of aromatic nitrogens is 1. The van der Waals surface area contributed by atoms with Crippen LogP contribution in [-0.4, -0.2) is 46.1 Å². The van der Waals surface area contributed by atoms with E-state index in [0.717, 1.165) is 45.7 Å². The highest BCUT2D eigenvalue weighted by Gasteiger charge is 2.28. The van der Waals surface area contributed by atoms with Crippen LogP contribution >= 0.6 is 23.1 Å². The van der Waals surface area contributed by atoms with Crippen LogP contribution in [0.5, 0.6) is 0 Å². The van der Waals surface area contributed by atoms with Gasteiger partial charge in [0.1, 0.15) is 0 Å². The molecule has 1 aromatic carbocycles. The van der Waals surface area contributed by atoms with Gasteiger partial charge in [-0.2, -0.15) is 0 Å². The maximum atomic E-state index is 12.7. The highest BCUT2D eigenvalue weighted by atomic mass is 32.2. The Balaban J connectivity index is 1.68. The SMILES string of the molecule is CC(C)N(CC(=O)[C@@H]1CCCN1)C(=O)Sc1nc2ccccc2s1. The first kappa shape index (κ1) is 17.4. The lowest BCUT2D eigenvalue weighted by Crippen LogP contribution is -2.44. The number of thioether (sulfide) groups is 1. The van der Waals surface area contributed by atoms with Crippen LogP contribution in [0, 0.1) is 0 Å². The molecule has 2 heterocycles. The van der Waals surface area contributed by atoms with E-state index < -0.39 is 0 Å². The predicted octanol–water partition coefficient (Wildman–Crippen LogP) is 3.54. The number of carbonyl (C=O) groups excluding carboxylic acids is 2. The number of thiazole rings is 1. The van der Waals surface area contributed by atoms with Crippen molar-refractivity contribution < 1.29 is 9.59 Å². The molecule has 0 bridgehead atoms. The predicted molar refractivity (Wildman–Crippen MR) is 98.7 cm³/mol. The lowest BCUT2D eigenvalue weighted by Gasteiger charge is -2.26. The fraction of sp³-hybridized carbons (Fsp3) is 0.471. The number of hydrogen-bond donors (Lipinski definition) is 1. The highest BCUT2D eigenvalue weighted by molar-refractivity contribution is 8.14. The van der Waals surface area contributed by atoms with Crippen LogP contribution in [0.25, 0.3) is 10.2 Å². The maximum Gasteiger partial charge on any atom is 0.289 e. The largest absolute Gasteiger partial charge is 0.323 e. The lowest BCUT2D eigenvalue weighted by atomic mass is 10.1. The van der Waals surface area contributed by atoms with Crippen molar-refractivity contribution >= 4 is 44.3 Å². The van der Waals surface area contributed by atoms with Crippen molar-refractivity contribution in [2.45, 2.75) is 43.1 Å². The standard InChI is InChI=1S/C17H21N3O2S2/c1-11(2)20(10-14(21)12-7-5-9-18-12)17(22)24-16-19-13-6-3-4-8-15(13)23-16/h3-4,6,8,11-12,18H,5,7,9-10H2,1-2H3/t12-/m0/s1. The smallest absolute Gasteiger partial charge is 0.289 e. The first-order chi connectivity index (χ1) is 11.5. The summed E-state index contributed by atoms with van der Waals surface area (Å²) in [5.41, 5.74) is 0.903. The van der Waals surface area contributed by atoms with E-state index in [1.807, 2.05) is 38.1 Å². The number of nitrogens with zero attached hydrogens (tertiary/aromatic N) is 2. The normalized spacial score (nSPS) is 17.5. The van der Waals surface area contributed by atoms with E-state index in [2.05, 4.69) is 10.3 Å². The van der Waals surface area contributed by atoms with Crippen LogP contribution in [-0.2, 0) is 4.79 Å². The van der Waals surface area contributed by atoms with Gasteiger partial charge in [-0.1, -0.05) is 12.1 Å². The molecule has 5 nitrogen and oxygen atoms in total. The number of ketones is 1. The molecule has 1 saturated heterocycles. The van der Waals surface area contributed by atoms with Gasteiger partial charge in [0.25, 0.3) is 5.24 Å². The molecule has 1 aliphatic rings. The van der Waals surface area contributed by atoms with Gasteiger partial charge in [0.05, 0.1) is 22.8 Å². The zero-order chi connectivity index (χ0) is 17.1. The van der Waals surface area contributed by atoms with Gasteiger partial charge in [-0.3, -0.25) is 9.59 Å². The number of nitrogens with one attached hydrogen (secondary N) is 1. The van der Waals surface area contributed by atoms with Crippen LogP contribution in [0.1, 0.15) is 26.7 Å². The number of benzene rings is 1. The van der Waals surface area contributed by atoms with E-state index in [4.69, 9.17) is 0 Å².